The van der Waals surface area contributed by atoms with Crippen molar-refractivity contribution in [2.45, 2.75) is 12.8 Å². The maximum Gasteiger partial charge on any atom is 0.342 e. The SMILES string of the molecule is COc1ccc2c(c1OC)C(c1ccc(C)cc1)c1c(c3ccccc3oc1=O)N2. The molecule has 4 aromatic rings. The first-order chi connectivity index (χ1) is 14.6. The van der Waals surface area contributed by atoms with Crippen LogP contribution in [-0.2, 0) is 0 Å². The average molecular weight is 399 g/mol. The van der Waals surface area contributed by atoms with Crippen LogP contribution in [0, 0.1) is 6.92 Å². The quantitative estimate of drug-likeness (QED) is 0.414. The summed E-state index contributed by atoms with van der Waals surface area (Å²) < 4.78 is 17.0. The minimum Gasteiger partial charge on any atom is -0.493 e. The number of methoxy groups -OCH3 is 2. The molecule has 0 amide bonds. The third-order valence-electron chi connectivity index (χ3n) is 5.68. The van der Waals surface area contributed by atoms with Crippen molar-refractivity contribution < 1.29 is 13.9 Å². The van der Waals surface area contributed by atoms with Crippen LogP contribution < -0.4 is 20.4 Å². The molecule has 0 spiro atoms. The van der Waals surface area contributed by atoms with Crippen LogP contribution in [0.1, 0.15) is 28.2 Å². The summed E-state index contributed by atoms with van der Waals surface area (Å²) in [7, 11) is 3.22. The molecule has 5 nitrogen and oxygen atoms in total. The van der Waals surface area contributed by atoms with Crippen molar-refractivity contribution in [1.82, 2.24) is 0 Å². The summed E-state index contributed by atoms with van der Waals surface area (Å²) in [6.45, 7) is 2.04. The predicted octanol–water partition coefficient (Wildman–Crippen LogP) is 5.36. The van der Waals surface area contributed by atoms with E-state index >= 15 is 0 Å². The number of benzene rings is 3. The van der Waals surface area contributed by atoms with Gasteiger partial charge in [-0.1, -0.05) is 42.0 Å². The lowest BCUT2D eigenvalue weighted by Gasteiger charge is -2.31. The number of hydrogen-bond donors (Lipinski definition) is 1. The zero-order valence-electron chi connectivity index (χ0n) is 17.0. The molecule has 1 N–H and O–H groups in total. The monoisotopic (exact) mass is 399 g/mol. The van der Waals surface area contributed by atoms with E-state index in [-0.39, 0.29) is 11.5 Å². The van der Waals surface area contributed by atoms with Gasteiger partial charge in [-0.15, -0.1) is 0 Å². The summed E-state index contributed by atoms with van der Waals surface area (Å²) in [4.78, 5) is 13.2. The van der Waals surface area contributed by atoms with Gasteiger partial charge in [-0.25, -0.2) is 4.79 Å². The maximum atomic E-state index is 13.2. The summed E-state index contributed by atoms with van der Waals surface area (Å²) in [5.74, 6) is 0.859. The Morgan fingerprint density at radius 1 is 0.900 bits per heavy atom. The fraction of sp³-hybridized carbons (Fsp3) is 0.160. The molecule has 3 aromatic carbocycles. The molecule has 0 saturated heterocycles. The third-order valence-corrected chi connectivity index (χ3v) is 5.68. The molecular weight excluding hydrogens is 378 g/mol. The number of fused-ring (bicyclic) bond motifs is 4. The predicted molar refractivity (Wildman–Crippen MR) is 117 cm³/mol. The van der Waals surface area contributed by atoms with Gasteiger partial charge < -0.3 is 19.2 Å². The molecule has 1 aliphatic rings. The van der Waals surface area contributed by atoms with E-state index in [2.05, 4.69) is 5.32 Å². The maximum absolute atomic E-state index is 13.2. The van der Waals surface area contributed by atoms with Gasteiger partial charge in [0.2, 0.25) is 0 Å². The number of anilines is 2. The van der Waals surface area contributed by atoms with E-state index in [9.17, 15) is 4.79 Å². The lowest BCUT2D eigenvalue weighted by Crippen LogP contribution is -2.23. The van der Waals surface area contributed by atoms with Crippen molar-refractivity contribution >= 4 is 22.3 Å². The van der Waals surface area contributed by atoms with E-state index in [4.69, 9.17) is 13.9 Å². The highest BCUT2D eigenvalue weighted by Crippen LogP contribution is 2.51. The Balaban J connectivity index is 1.90. The Morgan fingerprint density at radius 2 is 1.67 bits per heavy atom. The summed E-state index contributed by atoms with van der Waals surface area (Å²) in [6, 6.07) is 19.6. The molecule has 2 heterocycles. The van der Waals surface area contributed by atoms with Crippen molar-refractivity contribution in [3.63, 3.8) is 0 Å². The molecule has 0 bridgehead atoms. The van der Waals surface area contributed by atoms with Crippen LogP contribution in [0.5, 0.6) is 11.5 Å². The van der Waals surface area contributed by atoms with Crippen LogP contribution >= 0.6 is 0 Å². The average Bonchev–Trinajstić information content (AvgIpc) is 2.77. The molecule has 30 heavy (non-hydrogen) atoms. The van der Waals surface area contributed by atoms with Crippen LogP contribution in [-0.4, -0.2) is 14.2 Å². The fourth-order valence-corrected chi connectivity index (χ4v) is 4.28. The van der Waals surface area contributed by atoms with Gasteiger partial charge in [-0.2, -0.15) is 0 Å². The minimum absolute atomic E-state index is 0.359. The van der Waals surface area contributed by atoms with Crippen LogP contribution in [0.2, 0.25) is 0 Å². The molecular formula is C25H21NO4. The second kappa shape index (κ2) is 6.95. The van der Waals surface area contributed by atoms with Crippen molar-refractivity contribution in [2.75, 3.05) is 19.5 Å². The normalized spacial score (nSPS) is 14.6. The van der Waals surface area contributed by atoms with Gasteiger partial charge in [0, 0.05) is 22.6 Å². The van der Waals surface area contributed by atoms with Crippen molar-refractivity contribution in [2.24, 2.45) is 0 Å². The molecule has 0 radical (unpaired) electrons. The highest BCUT2D eigenvalue weighted by Gasteiger charge is 2.35. The highest BCUT2D eigenvalue weighted by molar-refractivity contribution is 5.96. The van der Waals surface area contributed by atoms with Gasteiger partial charge in [0.05, 0.1) is 25.5 Å². The van der Waals surface area contributed by atoms with E-state index in [1.165, 1.54) is 0 Å². The lowest BCUT2D eigenvalue weighted by molar-refractivity contribution is 0.351. The van der Waals surface area contributed by atoms with Crippen LogP contribution in [0.3, 0.4) is 0 Å². The molecule has 1 aliphatic heterocycles. The van der Waals surface area contributed by atoms with E-state index in [1.807, 2.05) is 67.6 Å². The van der Waals surface area contributed by atoms with E-state index in [0.29, 0.717) is 22.6 Å². The largest absolute Gasteiger partial charge is 0.493 e. The van der Waals surface area contributed by atoms with Crippen molar-refractivity contribution in [3.8, 4) is 11.5 Å². The highest BCUT2D eigenvalue weighted by atomic mass is 16.5. The topological polar surface area (TPSA) is 60.7 Å². The van der Waals surface area contributed by atoms with Crippen molar-refractivity contribution in [3.05, 3.63) is 93.3 Å². The number of ether oxygens (including phenoxy) is 2. The molecule has 1 unspecified atom stereocenters. The van der Waals surface area contributed by atoms with Gasteiger partial charge in [0.25, 0.3) is 0 Å². The number of rotatable bonds is 3. The Kier molecular flexibility index (Phi) is 4.24. The Hall–Kier alpha value is -3.73. The van der Waals surface area contributed by atoms with E-state index in [0.717, 1.165) is 33.5 Å². The van der Waals surface area contributed by atoms with Gasteiger partial charge >= 0.3 is 5.63 Å². The molecule has 1 aromatic heterocycles. The number of nitrogens with one attached hydrogen (secondary N) is 1. The molecule has 0 fully saturated rings. The zero-order valence-corrected chi connectivity index (χ0v) is 17.0. The van der Waals surface area contributed by atoms with Crippen molar-refractivity contribution in [1.29, 1.82) is 0 Å². The molecule has 5 heteroatoms. The minimum atomic E-state index is -0.364. The van der Waals surface area contributed by atoms with Crippen LogP contribution in [0.25, 0.3) is 11.0 Å². The standard InChI is InChI=1S/C25H21NO4/c1-14-8-10-15(11-9-14)20-21-17(12-13-19(28-2)24(21)29-3)26-23-16-6-4-5-7-18(16)30-25(27)22(20)23/h4-13,20,26H,1-3H3. The van der Waals surface area contributed by atoms with Gasteiger partial charge in [0.1, 0.15) is 5.58 Å². The van der Waals surface area contributed by atoms with Gasteiger partial charge in [-0.05, 0) is 36.8 Å². The van der Waals surface area contributed by atoms with Gasteiger partial charge in [0.15, 0.2) is 11.5 Å². The third kappa shape index (κ3) is 2.66. The Morgan fingerprint density at radius 3 is 2.40 bits per heavy atom. The summed E-state index contributed by atoms with van der Waals surface area (Å²) in [5, 5.41) is 4.33. The summed E-state index contributed by atoms with van der Waals surface area (Å²) in [6.07, 6.45) is 0. The summed E-state index contributed by atoms with van der Waals surface area (Å²) in [5.41, 5.74) is 5.40. The summed E-state index contributed by atoms with van der Waals surface area (Å²) >= 11 is 0. The molecule has 0 saturated carbocycles. The first-order valence-corrected chi connectivity index (χ1v) is 9.76. The fourth-order valence-electron chi connectivity index (χ4n) is 4.28. The molecule has 1 atom stereocenters. The molecule has 150 valence electrons. The number of para-hydroxylation sites is 1. The molecule has 5 rings (SSSR count). The lowest BCUT2D eigenvalue weighted by atomic mass is 9.80. The van der Waals surface area contributed by atoms with Crippen LogP contribution in [0.15, 0.2) is 69.9 Å². The Bertz CT molecular complexity index is 1320. The zero-order chi connectivity index (χ0) is 20.8. The Labute approximate surface area is 173 Å². The molecule has 0 aliphatic carbocycles. The second-order valence-corrected chi connectivity index (χ2v) is 7.41. The van der Waals surface area contributed by atoms with E-state index in [1.54, 1.807) is 14.2 Å². The first-order valence-electron chi connectivity index (χ1n) is 9.76. The first kappa shape index (κ1) is 18.3. The van der Waals surface area contributed by atoms with Crippen LogP contribution in [0.4, 0.5) is 11.4 Å². The van der Waals surface area contributed by atoms with E-state index < -0.39 is 0 Å². The number of aryl methyl sites for hydroxylation is 1. The second-order valence-electron chi connectivity index (χ2n) is 7.41. The number of hydrogen-bond acceptors (Lipinski definition) is 5. The smallest absolute Gasteiger partial charge is 0.342 e. The van der Waals surface area contributed by atoms with Gasteiger partial charge in [-0.3, -0.25) is 0 Å².